The van der Waals surface area contributed by atoms with Crippen molar-refractivity contribution < 1.29 is 5.11 Å². The minimum Gasteiger partial charge on any atom is -0.493 e. The molecular formula is C15H17BrN2O2. The van der Waals surface area contributed by atoms with Crippen LogP contribution in [0.1, 0.15) is 26.1 Å². The number of halogens is 1. The average molecular weight is 337 g/mol. The van der Waals surface area contributed by atoms with Gasteiger partial charge in [0.2, 0.25) is 5.88 Å². The molecule has 2 N–H and O–H groups in total. The van der Waals surface area contributed by atoms with Gasteiger partial charge in [-0.25, -0.2) is 0 Å². The fraction of sp³-hybridized carbons (Fsp3) is 0.333. The first-order chi connectivity index (χ1) is 9.47. The van der Waals surface area contributed by atoms with Crippen molar-refractivity contribution >= 4 is 15.9 Å². The molecule has 5 heteroatoms. The Hall–Kier alpha value is -1.62. The Morgan fingerprint density at radius 3 is 2.50 bits per heavy atom. The second kappa shape index (κ2) is 6.22. The van der Waals surface area contributed by atoms with Gasteiger partial charge in [-0.05, 0) is 30.0 Å². The van der Waals surface area contributed by atoms with Crippen molar-refractivity contribution in [3.05, 3.63) is 44.9 Å². The first kappa shape index (κ1) is 14.8. The van der Waals surface area contributed by atoms with Crippen LogP contribution in [-0.2, 0) is 6.42 Å². The number of rotatable bonds is 4. The van der Waals surface area contributed by atoms with Crippen molar-refractivity contribution in [3.8, 4) is 17.0 Å². The molecule has 0 amide bonds. The second-order valence-electron chi connectivity index (χ2n) is 5.15. The fourth-order valence-corrected chi connectivity index (χ4v) is 2.19. The molecule has 0 radical (unpaired) electrons. The van der Waals surface area contributed by atoms with E-state index in [9.17, 15) is 9.90 Å². The molecule has 0 fully saturated rings. The number of aromatic nitrogens is 2. The third-order valence-corrected chi connectivity index (χ3v) is 3.57. The number of hydrogen-bond donors (Lipinski definition) is 2. The number of aryl methyl sites for hydroxylation is 1. The molecule has 0 aliphatic carbocycles. The summed E-state index contributed by atoms with van der Waals surface area (Å²) < 4.78 is 0.915. The van der Waals surface area contributed by atoms with E-state index in [0.29, 0.717) is 23.7 Å². The Morgan fingerprint density at radius 2 is 1.95 bits per heavy atom. The second-order valence-corrected chi connectivity index (χ2v) is 6.07. The largest absolute Gasteiger partial charge is 0.493 e. The van der Waals surface area contributed by atoms with Crippen LogP contribution >= 0.6 is 15.9 Å². The monoisotopic (exact) mass is 336 g/mol. The van der Waals surface area contributed by atoms with Gasteiger partial charge in [-0.1, -0.05) is 41.9 Å². The Labute approximate surface area is 126 Å². The molecule has 0 bridgehead atoms. The number of nitrogens with one attached hydrogen (secondary N) is 1. The first-order valence-corrected chi connectivity index (χ1v) is 7.34. The first-order valence-electron chi connectivity index (χ1n) is 6.55. The molecule has 4 nitrogen and oxygen atoms in total. The van der Waals surface area contributed by atoms with Crippen LogP contribution < -0.4 is 5.56 Å². The summed E-state index contributed by atoms with van der Waals surface area (Å²) in [4.78, 5) is 19.0. The topological polar surface area (TPSA) is 66.0 Å². The molecule has 0 spiro atoms. The van der Waals surface area contributed by atoms with E-state index in [2.05, 4.69) is 39.7 Å². The highest BCUT2D eigenvalue weighted by Crippen LogP contribution is 2.25. The summed E-state index contributed by atoms with van der Waals surface area (Å²) in [6.07, 6.45) is 1.57. The maximum absolute atomic E-state index is 12.1. The Balaban J connectivity index is 2.36. The molecule has 0 aliphatic heterocycles. The van der Waals surface area contributed by atoms with Crippen LogP contribution in [0.3, 0.4) is 0 Å². The summed E-state index contributed by atoms with van der Waals surface area (Å²) in [6.45, 7) is 4.21. The summed E-state index contributed by atoms with van der Waals surface area (Å²) in [7, 11) is 0. The zero-order valence-corrected chi connectivity index (χ0v) is 13.1. The normalized spacial score (nSPS) is 11.0. The van der Waals surface area contributed by atoms with Crippen molar-refractivity contribution in [2.75, 3.05) is 0 Å². The van der Waals surface area contributed by atoms with Crippen molar-refractivity contribution in [3.63, 3.8) is 0 Å². The molecule has 106 valence electrons. The summed E-state index contributed by atoms with van der Waals surface area (Å²) in [5.41, 5.74) is 0.555. The molecule has 0 unspecified atom stereocenters. The van der Waals surface area contributed by atoms with Crippen molar-refractivity contribution in [2.24, 2.45) is 5.92 Å². The predicted octanol–water partition coefficient (Wildman–Crippen LogP) is 3.49. The number of benzene rings is 1. The van der Waals surface area contributed by atoms with Crippen molar-refractivity contribution in [2.45, 2.75) is 26.7 Å². The van der Waals surface area contributed by atoms with Crippen LogP contribution in [0.25, 0.3) is 11.1 Å². The van der Waals surface area contributed by atoms with Crippen LogP contribution in [-0.4, -0.2) is 15.1 Å². The molecule has 1 aromatic carbocycles. The maximum Gasteiger partial charge on any atom is 0.262 e. The molecular weight excluding hydrogens is 320 g/mol. The molecule has 2 aromatic rings. The van der Waals surface area contributed by atoms with E-state index >= 15 is 0 Å². The van der Waals surface area contributed by atoms with Crippen molar-refractivity contribution in [1.29, 1.82) is 0 Å². The van der Waals surface area contributed by atoms with E-state index in [4.69, 9.17) is 0 Å². The summed E-state index contributed by atoms with van der Waals surface area (Å²) >= 11 is 3.34. The van der Waals surface area contributed by atoms with Crippen LogP contribution in [0.4, 0.5) is 0 Å². The lowest BCUT2D eigenvalue weighted by atomic mass is 10.1. The van der Waals surface area contributed by atoms with E-state index < -0.39 is 0 Å². The van der Waals surface area contributed by atoms with Crippen LogP contribution in [0.2, 0.25) is 0 Å². The molecule has 0 atom stereocenters. The highest BCUT2D eigenvalue weighted by atomic mass is 79.9. The minimum atomic E-state index is -0.307. The van der Waals surface area contributed by atoms with Gasteiger partial charge < -0.3 is 10.1 Å². The van der Waals surface area contributed by atoms with Gasteiger partial charge in [0.25, 0.3) is 5.56 Å². The van der Waals surface area contributed by atoms with E-state index in [1.807, 2.05) is 12.1 Å². The number of aromatic hydroxyl groups is 1. The van der Waals surface area contributed by atoms with Crippen molar-refractivity contribution in [1.82, 2.24) is 9.97 Å². The molecule has 0 saturated carbocycles. The zero-order chi connectivity index (χ0) is 14.7. The Bertz CT molecular complexity index is 648. The lowest BCUT2D eigenvalue weighted by Gasteiger charge is -2.07. The lowest BCUT2D eigenvalue weighted by molar-refractivity contribution is 0.447. The maximum atomic E-state index is 12.1. The van der Waals surface area contributed by atoms with Crippen LogP contribution in [0.15, 0.2) is 33.5 Å². The number of H-pyrrole nitrogens is 1. The third-order valence-electron chi connectivity index (χ3n) is 3.04. The van der Waals surface area contributed by atoms with E-state index in [1.54, 1.807) is 12.1 Å². The third kappa shape index (κ3) is 3.48. The minimum absolute atomic E-state index is 0.213. The fourth-order valence-electron chi connectivity index (χ4n) is 1.93. The smallest absolute Gasteiger partial charge is 0.262 e. The van der Waals surface area contributed by atoms with Gasteiger partial charge in [0.15, 0.2) is 0 Å². The zero-order valence-electron chi connectivity index (χ0n) is 11.5. The van der Waals surface area contributed by atoms with Gasteiger partial charge in [0, 0.05) is 10.9 Å². The van der Waals surface area contributed by atoms with E-state index in [0.717, 1.165) is 10.9 Å². The number of hydrogen-bond acceptors (Lipinski definition) is 3. The van der Waals surface area contributed by atoms with Gasteiger partial charge in [-0.2, -0.15) is 4.98 Å². The average Bonchev–Trinajstić information content (AvgIpc) is 2.38. The summed E-state index contributed by atoms with van der Waals surface area (Å²) in [6, 6.07) is 7.18. The van der Waals surface area contributed by atoms with E-state index in [1.165, 1.54) is 0 Å². The summed E-state index contributed by atoms with van der Waals surface area (Å²) in [5, 5.41) is 10.0. The highest BCUT2D eigenvalue weighted by Gasteiger charge is 2.13. The van der Waals surface area contributed by atoms with Gasteiger partial charge in [-0.3, -0.25) is 4.79 Å². The standard InChI is InChI=1S/C15H17BrN2O2/c1-9(2)3-8-12-17-14(19)13(15(20)18-12)10-4-6-11(16)7-5-10/h4-7,9H,3,8H2,1-2H3,(H2,17,18,19,20). The number of nitrogens with zero attached hydrogens (tertiary/aromatic N) is 1. The Morgan fingerprint density at radius 1 is 1.30 bits per heavy atom. The summed E-state index contributed by atoms with van der Waals surface area (Å²) in [5.74, 6) is 0.838. The quantitative estimate of drug-likeness (QED) is 0.897. The Kier molecular flexibility index (Phi) is 4.60. The molecule has 0 saturated heterocycles. The highest BCUT2D eigenvalue weighted by molar-refractivity contribution is 9.10. The van der Waals surface area contributed by atoms with Gasteiger partial charge in [0.1, 0.15) is 11.4 Å². The molecule has 2 rings (SSSR count). The molecule has 1 heterocycles. The van der Waals surface area contributed by atoms with Gasteiger partial charge in [0.05, 0.1) is 0 Å². The molecule has 1 aromatic heterocycles. The van der Waals surface area contributed by atoms with Crippen LogP contribution in [0, 0.1) is 5.92 Å². The molecule has 20 heavy (non-hydrogen) atoms. The molecule has 0 aliphatic rings. The van der Waals surface area contributed by atoms with Crippen LogP contribution in [0.5, 0.6) is 5.88 Å². The number of aromatic amines is 1. The lowest BCUT2D eigenvalue weighted by Crippen LogP contribution is -2.14. The van der Waals surface area contributed by atoms with Gasteiger partial charge >= 0.3 is 0 Å². The SMILES string of the molecule is CC(C)CCc1nc(O)c(-c2ccc(Br)cc2)c(=O)[nH]1. The van der Waals surface area contributed by atoms with Gasteiger partial charge in [-0.15, -0.1) is 0 Å². The predicted molar refractivity (Wildman–Crippen MR) is 82.8 cm³/mol. The van der Waals surface area contributed by atoms with E-state index in [-0.39, 0.29) is 17.0 Å².